The first-order chi connectivity index (χ1) is 14.0. The fourth-order valence-corrected chi connectivity index (χ4v) is 3.56. The maximum absolute atomic E-state index is 12.7. The molecule has 29 heavy (non-hydrogen) atoms. The van der Waals surface area contributed by atoms with Crippen molar-refractivity contribution < 1.29 is 9.59 Å². The van der Waals surface area contributed by atoms with Gasteiger partial charge in [-0.3, -0.25) is 14.4 Å². The number of aryl methyl sites for hydroxylation is 2. The summed E-state index contributed by atoms with van der Waals surface area (Å²) in [5, 5.41) is 9.98. The monoisotopic (exact) mass is 389 g/mol. The third kappa shape index (κ3) is 3.85. The summed E-state index contributed by atoms with van der Waals surface area (Å²) < 4.78 is 1.74. The van der Waals surface area contributed by atoms with Crippen molar-refractivity contribution in [2.24, 2.45) is 7.05 Å². The van der Waals surface area contributed by atoms with E-state index >= 15 is 0 Å². The second kappa shape index (κ2) is 7.79. The number of hydrogen-bond donors (Lipinski definition) is 2. The van der Waals surface area contributed by atoms with Gasteiger partial charge in [0.15, 0.2) is 0 Å². The minimum Gasteiger partial charge on any atom is -0.341 e. The Morgan fingerprint density at radius 2 is 1.86 bits per heavy atom. The summed E-state index contributed by atoms with van der Waals surface area (Å²) in [5.41, 5.74) is 5.00. The van der Waals surface area contributed by atoms with E-state index in [9.17, 15) is 9.59 Å². The van der Waals surface area contributed by atoms with Crippen molar-refractivity contribution in [3.8, 4) is 11.3 Å². The third-order valence-electron chi connectivity index (χ3n) is 5.08. The molecule has 0 atom stereocenters. The first-order valence-electron chi connectivity index (χ1n) is 9.59. The molecule has 0 saturated carbocycles. The van der Waals surface area contributed by atoms with Gasteiger partial charge in [0.1, 0.15) is 0 Å². The number of rotatable bonds is 3. The standard InChI is InChI=1S/C22H23N5O2/c1-23-22(29)27-12-3-4-16-9-10-18(14-20(16)27)24-21(28)17-7-5-15(6-8-17)19-11-13-26(2)25-19/h5-11,13-14H,3-4,12H2,1-2H3,(H,23,29)(H,24,28). The summed E-state index contributed by atoms with van der Waals surface area (Å²) in [7, 11) is 3.49. The van der Waals surface area contributed by atoms with Gasteiger partial charge in [-0.1, -0.05) is 18.2 Å². The number of urea groups is 1. The normalized spacial score (nSPS) is 13.0. The zero-order valence-electron chi connectivity index (χ0n) is 16.5. The van der Waals surface area contributed by atoms with Crippen molar-refractivity contribution in [2.75, 3.05) is 23.8 Å². The molecule has 1 aliphatic heterocycles. The molecule has 0 radical (unpaired) electrons. The quantitative estimate of drug-likeness (QED) is 0.720. The van der Waals surface area contributed by atoms with E-state index in [0.29, 0.717) is 17.8 Å². The summed E-state index contributed by atoms with van der Waals surface area (Å²) in [5.74, 6) is -0.195. The number of hydrogen-bond acceptors (Lipinski definition) is 3. The number of carbonyl (C=O) groups is 2. The molecule has 2 aromatic carbocycles. The van der Waals surface area contributed by atoms with Gasteiger partial charge >= 0.3 is 6.03 Å². The Morgan fingerprint density at radius 1 is 1.07 bits per heavy atom. The molecule has 7 heteroatoms. The molecule has 0 saturated heterocycles. The molecule has 3 amide bonds. The first kappa shape index (κ1) is 18.7. The van der Waals surface area contributed by atoms with Gasteiger partial charge in [0.25, 0.3) is 5.91 Å². The Hall–Kier alpha value is -3.61. The molecular weight excluding hydrogens is 366 g/mol. The maximum atomic E-state index is 12.7. The summed E-state index contributed by atoms with van der Waals surface area (Å²) in [6, 6.07) is 14.9. The predicted molar refractivity (Wildman–Crippen MR) is 113 cm³/mol. The van der Waals surface area contributed by atoms with Crippen molar-refractivity contribution in [2.45, 2.75) is 12.8 Å². The van der Waals surface area contributed by atoms with Crippen LogP contribution in [-0.4, -0.2) is 35.3 Å². The van der Waals surface area contributed by atoms with Gasteiger partial charge in [0, 0.05) is 43.7 Å². The summed E-state index contributed by atoms with van der Waals surface area (Å²) >= 11 is 0. The van der Waals surface area contributed by atoms with Gasteiger partial charge in [0.2, 0.25) is 0 Å². The largest absolute Gasteiger partial charge is 0.341 e. The van der Waals surface area contributed by atoms with Gasteiger partial charge in [-0.25, -0.2) is 4.79 Å². The molecule has 1 aliphatic rings. The highest BCUT2D eigenvalue weighted by molar-refractivity contribution is 6.05. The van der Waals surface area contributed by atoms with Crippen molar-refractivity contribution in [1.29, 1.82) is 0 Å². The van der Waals surface area contributed by atoms with Crippen molar-refractivity contribution >= 4 is 23.3 Å². The minimum atomic E-state index is -0.195. The predicted octanol–water partition coefficient (Wildman–Crippen LogP) is 3.43. The Kier molecular flexibility index (Phi) is 5.03. The van der Waals surface area contributed by atoms with E-state index in [1.165, 1.54) is 0 Å². The molecule has 3 aromatic rings. The molecule has 0 unspecified atom stereocenters. The number of benzene rings is 2. The second-order valence-corrected chi connectivity index (χ2v) is 7.06. The van der Waals surface area contributed by atoms with E-state index in [-0.39, 0.29) is 11.9 Å². The van der Waals surface area contributed by atoms with Crippen molar-refractivity contribution in [1.82, 2.24) is 15.1 Å². The second-order valence-electron chi connectivity index (χ2n) is 7.06. The number of carbonyl (C=O) groups excluding carboxylic acids is 2. The lowest BCUT2D eigenvalue weighted by atomic mass is 10.0. The Labute approximate surface area is 169 Å². The average molecular weight is 389 g/mol. The Morgan fingerprint density at radius 3 is 2.55 bits per heavy atom. The van der Waals surface area contributed by atoms with Crippen molar-refractivity contribution in [3.63, 3.8) is 0 Å². The van der Waals surface area contributed by atoms with Crippen LogP contribution in [0.5, 0.6) is 0 Å². The lowest BCUT2D eigenvalue weighted by Crippen LogP contribution is -2.41. The van der Waals surface area contributed by atoms with Crippen LogP contribution >= 0.6 is 0 Å². The van der Waals surface area contributed by atoms with Gasteiger partial charge in [-0.05, 0) is 48.7 Å². The average Bonchev–Trinajstić information content (AvgIpc) is 3.19. The van der Waals surface area contributed by atoms with E-state index in [1.807, 2.05) is 49.6 Å². The molecular formula is C22H23N5O2. The SMILES string of the molecule is CNC(=O)N1CCCc2ccc(NC(=O)c3ccc(-c4ccn(C)n4)cc3)cc21. The fourth-order valence-electron chi connectivity index (χ4n) is 3.56. The first-order valence-corrected chi connectivity index (χ1v) is 9.59. The highest BCUT2D eigenvalue weighted by atomic mass is 16.2. The molecule has 0 fully saturated rings. The lowest BCUT2D eigenvalue weighted by molar-refractivity contribution is 0.102. The molecule has 1 aromatic heterocycles. The molecule has 0 spiro atoms. The van der Waals surface area contributed by atoms with Crippen LogP contribution in [0.3, 0.4) is 0 Å². The van der Waals surface area contributed by atoms with E-state index in [2.05, 4.69) is 15.7 Å². The molecule has 2 heterocycles. The number of aromatic nitrogens is 2. The molecule has 4 rings (SSSR count). The lowest BCUT2D eigenvalue weighted by Gasteiger charge is -2.29. The zero-order valence-corrected chi connectivity index (χ0v) is 16.5. The van der Waals surface area contributed by atoms with Crippen LogP contribution < -0.4 is 15.5 Å². The number of anilines is 2. The summed E-state index contributed by atoms with van der Waals surface area (Å²) in [4.78, 5) is 26.6. The Bertz CT molecular complexity index is 1060. The van der Waals surface area contributed by atoms with Crippen LogP contribution in [0.4, 0.5) is 16.2 Å². The maximum Gasteiger partial charge on any atom is 0.321 e. The molecule has 2 N–H and O–H groups in total. The van der Waals surface area contributed by atoms with E-state index in [4.69, 9.17) is 0 Å². The summed E-state index contributed by atoms with van der Waals surface area (Å²) in [6.07, 6.45) is 3.73. The number of amides is 3. The van der Waals surface area contributed by atoms with Gasteiger partial charge in [-0.2, -0.15) is 5.10 Å². The zero-order chi connectivity index (χ0) is 20.4. The van der Waals surface area contributed by atoms with Crippen LogP contribution in [-0.2, 0) is 13.5 Å². The van der Waals surface area contributed by atoms with Crippen molar-refractivity contribution in [3.05, 3.63) is 65.9 Å². The minimum absolute atomic E-state index is 0.139. The highest BCUT2D eigenvalue weighted by Crippen LogP contribution is 2.30. The van der Waals surface area contributed by atoms with Gasteiger partial charge < -0.3 is 10.6 Å². The van der Waals surface area contributed by atoms with Crippen LogP contribution in [0, 0.1) is 0 Å². The molecule has 7 nitrogen and oxygen atoms in total. The smallest absolute Gasteiger partial charge is 0.321 e. The number of nitrogens with zero attached hydrogens (tertiary/aromatic N) is 3. The van der Waals surface area contributed by atoms with Gasteiger partial charge in [-0.15, -0.1) is 0 Å². The molecule has 0 bridgehead atoms. The van der Waals surface area contributed by atoms with Crippen LogP contribution in [0.15, 0.2) is 54.7 Å². The van der Waals surface area contributed by atoms with Gasteiger partial charge in [0.05, 0.1) is 11.4 Å². The third-order valence-corrected chi connectivity index (χ3v) is 5.08. The summed E-state index contributed by atoms with van der Waals surface area (Å²) in [6.45, 7) is 0.666. The number of fused-ring (bicyclic) bond motifs is 1. The Balaban J connectivity index is 1.52. The number of nitrogens with one attached hydrogen (secondary N) is 2. The highest BCUT2D eigenvalue weighted by Gasteiger charge is 2.22. The van der Waals surface area contributed by atoms with E-state index in [1.54, 1.807) is 28.8 Å². The van der Waals surface area contributed by atoms with Crippen LogP contribution in [0.25, 0.3) is 11.3 Å². The molecule has 0 aliphatic carbocycles. The fraction of sp³-hybridized carbons (Fsp3) is 0.227. The van der Waals surface area contributed by atoms with Crippen LogP contribution in [0.2, 0.25) is 0 Å². The van der Waals surface area contributed by atoms with E-state index in [0.717, 1.165) is 35.3 Å². The van der Waals surface area contributed by atoms with E-state index < -0.39 is 0 Å². The van der Waals surface area contributed by atoms with Crippen LogP contribution in [0.1, 0.15) is 22.3 Å². The molecule has 148 valence electrons. The topological polar surface area (TPSA) is 79.3 Å².